The average molecular weight is 1110 g/mol. The molecule has 0 saturated heterocycles. The van der Waals surface area contributed by atoms with Crippen molar-refractivity contribution in [2.24, 2.45) is 0 Å². The molecule has 0 N–H and O–H groups in total. The third-order valence-corrected chi connectivity index (χ3v) is 13.6. The molecule has 0 fully saturated rings. The Kier molecular flexibility index (Phi) is 62.9. The van der Waals surface area contributed by atoms with Gasteiger partial charge in [-0.3, -0.25) is 14.4 Å². The van der Waals surface area contributed by atoms with Gasteiger partial charge in [0.15, 0.2) is 6.10 Å². The second-order valence-corrected chi connectivity index (χ2v) is 21.3. The van der Waals surface area contributed by atoms with Gasteiger partial charge in [0.25, 0.3) is 0 Å². The summed E-state index contributed by atoms with van der Waals surface area (Å²) >= 11 is 0. The van der Waals surface area contributed by atoms with Crippen molar-refractivity contribution < 1.29 is 28.6 Å². The van der Waals surface area contributed by atoms with E-state index >= 15 is 0 Å². The second-order valence-electron chi connectivity index (χ2n) is 21.3. The molecule has 0 aliphatic rings. The summed E-state index contributed by atoms with van der Waals surface area (Å²) in [4.78, 5) is 38.3. The van der Waals surface area contributed by atoms with E-state index in [0.717, 1.165) is 148 Å². The lowest BCUT2D eigenvalue weighted by Crippen LogP contribution is -2.30. The summed E-state index contributed by atoms with van der Waals surface area (Å²) in [6, 6.07) is 0. The molecular formula is C74H120O6. The van der Waals surface area contributed by atoms with Crippen LogP contribution in [0.5, 0.6) is 0 Å². The number of allylic oxidation sites excluding steroid dienone is 24. The van der Waals surface area contributed by atoms with E-state index in [9.17, 15) is 14.4 Å². The molecule has 0 saturated carbocycles. The third kappa shape index (κ3) is 64.1. The van der Waals surface area contributed by atoms with E-state index in [1.807, 2.05) is 0 Å². The van der Waals surface area contributed by atoms with Crippen molar-refractivity contribution in [1.82, 2.24) is 0 Å². The van der Waals surface area contributed by atoms with E-state index in [0.29, 0.717) is 19.3 Å². The van der Waals surface area contributed by atoms with Crippen LogP contribution in [-0.4, -0.2) is 37.2 Å². The predicted molar refractivity (Wildman–Crippen MR) is 348 cm³/mol. The van der Waals surface area contributed by atoms with Crippen LogP contribution in [-0.2, 0) is 28.6 Å². The van der Waals surface area contributed by atoms with E-state index in [1.54, 1.807) is 0 Å². The Hall–Kier alpha value is -4.71. The number of ether oxygens (including phenoxy) is 3. The first kappa shape index (κ1) is 75.3. The monoisotopic (exact) mass is 1100 g/mol. The van der Waals surface area contributed by atoms with Gasteiger partial charge in [-0.25, -0.2) is 0 Å². The Morgan fingerprint density at radius 3 is 0.787 bits per heavy atom. The van der Waals surface area contributed by atoms with Crippen molar-refractivity contribution in [3.63, 3.8) is 0 Å². The largest absolute Gasteiger partial charge is 0.462 e. The summed E-state index contributed by atoms with van der Waals surface area (Å²) in [6.45, 7) is 6.38. The van der Waals surface area contributed by atoms with E-state index in [1.165, 1.54) is 96.3 Å². The van der Waals surface area contributed by atoms with E-state index in [-0.39, 0.29) is 31.1 Å². The average Bonchev–Trinajstić information content (AvgIpc) is 3.46. The van der Waals surface area contributed by atoms with Crippen LogP contribution in [0.15, 0.2) is 146 Å². The van der Waals surface area contributed by atoms with Crippen molar-refractivity contribution in [1.29, 1.82) is 0 Å². The van der Waals surface area contributed by atoms with Gasteiger partial charge in [-0.1, -0.05) is 289 Å². The van der Waals surface area contributed by atoms with Gasteiger partial charge in [0.1, 0.15) is 13.2 Å². The molecule has 0 spiro atoms. The third-order valence-electron chi connectivity index (χ3n) is 13.6. The van der Waals surface area contributed by atoms with Gasteiger partial charge >= 0.3 is 17.9 Å². The van der Waals surface area contributed by atoms with E-state index in [2.05, 4.69) is 167 Å². The highest BCUT2D eigenvalue weighted by Gasteiger charge is 2.19. The molecule has 0 aromatic rings. The molecule has 1 unspecified atom stereocenters. The summed E-state index contributed by atoms with van der Waals surface area (Å²) in [6.07, 6.45) is 95.7. The van der Waals surface area contributed by atoms with Crippen LogP contribution in [0.3, 0.4) is 0 Å². The number of unbranched alkanes of at least 4 members (excludes halogenated alkanes) is 23. The molecule has 0 aliphatic carbocycles. The first-order valence-corrected chi connectivity index (χ1v) is 32.8. The lowest BCUT2D eigenvalue weighted by atomic mass is 10.0. The highest BCUT2D eigenvalue weighted by Crippen LogP contribution is 2.16. The van der Waals surface area contributed by atoms with E-state index in [4.69, 9.17) is 14.2 Å². The Morgan fingerprint density at radius 2 is 0.487 bits per heavy atom. The summed E-state index contributed by atoms with van der Waals surface area (Å²) in [5.74, 6) is -0.954. The van der Waals surface area contributed by atoms with Crippen LogP contribution in [0, 0.1) is 0 Å². The number of carbonyl (C=O) groups excluding carboxylic acids is 3. The number of rotatable bonds is 58. The molecule has 0 heterocycles. The molecule has 1 atom stereocenters. The molecule has 452 valence electrons. The molecule has 0 aliphatic heterocycles. The highest BCUT2D eigenvalue weighted by molar-refractivity contribution is 5.71. The topological polar surface area (TPSA) is 78.9 Å². The number of hydrogen-bond acceptors (Lipinski definition) is 6. The SMILES string of the molecule is CC/C=C\C/C=C\C/C=C\C/C=C\C/C=C\C/C=C\C/C=C\C/C=C\CCCCCCCCC(=O)OCC(COC(=O)CCCC/C=C\C/C=C\C/C=C\C/C=C\CC)OC(=O)CCCCCCCCCCCCCCCCCC. The van der Waals surface area contributed by atoms with Gasteiger partial charge in [0.2, 0.25) is 0 Å². The molecule has 0 aromatic carbocycles. The molecule has 80 heavy (non-hydrogen) atoms. The number of esters is 3. The van der Waals surface area contributed by atoms with Crippen molar-refractivity contribution in [2.45, 2.75) is 290 Å². The lowest BCUT2D eigenvalue weighted by molar-refractivity contribution is -0.167. The van der Waals surface area contributed by atoms with Gasteiger partial charge in [0, 0.05) is 19.3 Å². The Balaban J connectivity index is 4.38. The van der Waals surface area contributed by atoms with Crippen molar-refractivity contribution in [3.8, 4) is 0 Å². The minimum atomic E-state index is -0.806. The minimum absolute atomic E-state index is 0.102. The summed E-state index contributed by atoms with van der Waals surface area (Å²) in [7, 11) is 0. The van der Waals surface area contributed by atoms with Crippen LogP contribution >= 0.6 is 0 Å². The molecule has 0 radical (unpaired) electrons. The van der Waals surface area contributed by atoms with Gasteiger partial charge in [0.05, 0.1) is 0 Å². The minimum Gasteiger partial charge on any atom is -0.462 e. The van der Waals surface area contributed by atoms with Crippen molar-refractivity contribution >= 4 is 17.9 Å². The molecule has 6 heteroatoms. The molecule has 6 nitrogen and oxygen atoms in total. The Bertz CT molecular complexity index is 1750. The molecule has 0 aromatic heterocycles. The summed E-state index contributed by atoms with van der Waals surface area (Å²) in [5.41, 5.74) is 0. The van der Waals surface area contributed by atoms with Gasteiger partial charge in [-0.15, -0.1) is 0 Å². The van der Waals surface area contributed by atoms with Crippen LogP contribution in [0.2, 0.25) is 0 Å². The zero-order valence-electron chi connectivity index (χ0n) is 51.8. The highest BCUT2D eigenvalue weighted by atomic mass is 16.6. The molecular weight excluding hydrogens is 985 g/mol. The maximum absolute atomic E-state index is 12.9. The molecule has 0 rings (SSSR count). The maximum atomic E-state index is 12.9. The van der Waals surface area contributed by atoms with Crippen molar-refractivity contribution in [3.05, 3.63) is 146 Å². The van der Waals surface area contributed by atoms with Crippen LogP contribution in [0.1, 0.15) is 284 Å². The molecule has 0 bridgehead atoms. The first-order chi connectivity index (χ1) is 39.5. The summed E-state index contributed by atoms with van der Waals surface area (Å²) in [5, 5.41) is 0. The second kappa shape index (κ2) is 66.8. The maximum Gasteiger partial charge on any atom is 0.306 e. The fourth-order valence-corrected chi connectivity index (χ4v) is 8.74. The van der Waals surface area contributed by atoms with Crippen LogP contribution < -0.4 is 0 Å². The van der Waals surface area contributed by atoms with Crippen LogP contribution in [0.4, 0.5) is 0 Å². The fourth-order valence-electron chi connectivity index (χ4n) is 8.74. The number of hydrogen-bond donors (Lipinski definition) is 0. The summed E-state index contributed by atoms with van der Waals surface area (Å²) < 4.78 is 16.9. The quantitative estimate of drug-likeness (QED) is 0.0261. The Labute approximate surface area is 493 Å². The number of carbonyl (C=O) groups is 3. The fraction of sp³-hybridized carbons (Fsp3) is 0.635. The van der Waals surface area contributed by atoms with Crippen LogP contribution in [0.25, 0.3) is 0 Å². The first-order valence-electron chi connectivity index (χ1n) is 32.8. The van der Waals surface area contributed by atoms with E-state index < -0.39 is 6.10 Å². The van der Waals surface area contributed by atoms with Gasteiger partial charge in [-0.05, 0) is 122 Å². The van der Waals surface area contributed by atoms with Crippen molar-refractivity contribution in [2.75, 3.05) is 13.2 Å². The molecule has 0 amide bonds. The van der Waals surface area contributed by atoms with Gasteiger partial charge < -0.3 is 14.2 Å². The smallest absolute Gasteiger partial charge is 0.306 e. The predicted octanol–water partition coefficient (Wildman–Crippen LogP) is 22.7. The zero-order valence-corrected chi connectivity index (χ0v) is 51.8. The normalized spacial score (nSPS) is 13.1. The zero-order chi connectivity index (χ0) is 57.8. The lowest BCUT2D eigenvalue weighted by Gasteiger charge is -2.18. The van der Waals surface area contributed by atoms with Gasteiger partial charge in [-0.2, -0.15) is 0 Å². The standard InChI is InChI=1S/C74H120O6/c1-4-7-10-13-16-19-22-25-28-30-31-32-33-34-35-36-37-38-39-40-41-42-43-44-47-49-52-55-58-61-64-67-73(76)79-70-71(69-78-72(75)66-63-60-57-54-51-48-45-27-24-21-18-15-12-9-6-3)80-74(77)68-65-62-59-56-53-50-46-29-26-23-20-17-14-11-8-5-2/h7,9-10,12,16,18-19,21,25,27-28,31-32,34-35,37-38,40-41,43-45,51,54,71H,4-6,8,11,13-15,17,20,22-24,26,29-30,33,36,39,42,46-50,52-53,55-70H2,1-3H3/b10-7-,12-9-,19-16-,21-18-,28-25-,32-31-,35-34-,38-37-,41-40-,44-43-,45-27-,54-51-. The Morgan fingerprint density at radius 1 is 0.263 bits per heavy atom.